The number of aliphatic hydroxyl groups is 1. The lowest BCUT2D eigenvalue weighted by atomic mass is 10.0. The van der Waals surface area contributed by atoms with E-state index in [4.69, 9.17) is 15.2 Å². The Kier molecular flexibility index (Phi) is 6.06. The van der Waals surface area contributed by atoms with E-state index < -0.39 is 24.1 Å². The number of hydrogen-bond acceptors (Lipinski definition) is 6. The summed E-state index contributed by atoms with van der Waals surface area (Å²) in [6, 6.07) is 17.9. The Balaban J connectivity index is 1.95. The number of nitrogens with two attached hydrogens (primary N) is 1. The third-order valence-electron chi connectivity index (χ3n) is 3.40. The highest BCUT2D eigenvalue weighted by atomic mass is 16.6. The molecule has 0 bridgehead atoms. The van der Waals surface area contributed by atoms with Crippen LogP contribution in [-0.4, -0.2) is 29.2 Å². The molecule has 2 aromatic carbocycles. The first-order valence-corrected chi connectivity index (χ1v) is 7.38. The van der Waals surface area contributed by atoms with Crippen LogP contribution >= 0.6 is 0 Å². The van der Waals surface area contributed by atoms with Crippen molar-refractivity contribution in [2.75, 3.05) is 6.61 Å². The number of rotatable bonds is 7. The van der Waals surface area contributed by atoms with Crippen molar-refractivity contribution in [1.82, 2.24) is 0 Å². The summed E-state index contributed by atoms with van der Waals surface area (Å²) in [5.41, 5.74) is 4.95. The minimum atomic E-state index is -2.25. The highest BCUT2D eigenvalue weighted by Crippen LogP contribution is 2.11. The van der Waals surface area contributed by atoms with Crippen LogP contribution in [0.15, 0.2) is 60.7 Å². The molecule has 2 aromatic rings. The van der Waals surface area contributed by atoms with E-state index in [0.29, 0.717) is 0 Å². The first kappa shape index (κ1) is 17.7. The highest BCUT2D eigenvalue weighted by molar-refractivity contribution is 6.04. The molecule has 0 amide bonds. The van der Waals surface area contributed by atoms with E-state index in [1.807, 2.05) is 12.1 Å². The van der Waals surface area contributed by atoms with Gasteiger partial charge in [-0.05, 0) is 11.1 Å². The summed E-state index contributed by atoms with van der Waals surface area (Å²) >= 11 is 0. The predicted molar refractivity (Wildman–Crippen MR) is 86.5 cm³/mol. The van der Waals surface area contributed by atoms with Crippen LogP contribution in [0.25, 0.3) is 0 Å². The predicted octanol–water partition coefficient (Wildman–Crippen LogP) is 1.16. The molecule has 0 spiro atoms. The molecule has 0 unspecified atom stereocenters. The summed E-state index contributed by atoms with van der Waals surface area (Å²) in [5, 5.41) is 9.39. The van der Waals surface area contributed by atoms with Crippen molar-refractivity contribution in [2.45, 2.75) is 18.8 Å². The van der Waals surface area contributed by atoms with Gasteiger partial charge in [0.25, 0.3) is 0 Å². The zero-order valence-electron chi connectivity index (χ0n) is 13.1. The molecule has 6 nitrogen and oxygen atoms in total. The van der Waals surface area contributed by atoms with Gasteiger partial charge in [0, 0.05) is 0 Å². The molecule has 0 aliphatic heterocycles. The average molecular weight is 329 g/mol. The van der Waals surface area contributed by atoms with Crippen LogP contribution in [0.4, 0.5) is 0 Å². The number of carbonyl (C=O) groups is 2. The summed E-state index contributed by atoms with van der Waals surface area (Å²) < 4.78 is 10.1. The highest BCUT2D eigenvalue weighted by Gasteiger charge is 2.45. The van der Waals surface area contributed by atoms with Gasteiger partial charge in [-0.3, -0.25) is 0 Å². The molecule has 0 heterocycles. The van der Waals surface area contributed by atoms with E-state index >= 15 is 0 Å². The standard InChI is InChI=1S/C18H19NO5/c19-18(13-20,16(21)23-11-14-7-3-1-4-8-14)17(22)24-12-15-9-5-2-6-10-15/h1-10,20H,11-13,19H2. The summed E-state index contributed by atoms with van der Waals surface area (Å²) in [6.07, 6.45) is 0. The number of benzene rings is 2. The fraction of sp³-hybridized carbons (Fsp3) is 0.222. The number of carbonyl (C=O) groups excluding carboxylic acids is 2. The average Bonchev–Trinajstić information content (AvgIpc) is 2.65. The van der Waals surface area contributed by atoms with Crippen LogP contribution in [0.5, 0.6) is 0 Å². The lowest BCUT2D eigenvalue weighted by Gasteiger charge is -2.23. The Labute approximate surface area is 139 Å². The molecule has 2 rings (SSSR count). The van der Waals surface area contributed by atoms with Gasteiger partial charge in [-0.15, -0.1) is 0 Å². The molecule has 6 heteroatoms. The van der Waals surface area contributed by atoms with E-state index in [0.717, 1.165) is 11.1 Å². The number of ether oxygens (including phenoxy) is 2. The van der Waals surface area contributed by atoms with Crippen LogP contribution < -0.4 is 5.73 Å². The molecule has 3 N–H and O–H groups in total. The van der Waals surface area contributed by atoms with Gasteiger partial charge >= 0.3 is 11.9 Å². The minimum absolute atomic E-state index is 0.0510. The van der Waals surface area contributed by atoms with Crippen LogP contribution in [0.2, 0.25) is 0 Å². The fourth-order valence-electron chi connectivity index (χ4n) is 1.92. The van der Waals surface area contributed by atoms with Gasteiger partial charge in [-0.2, -0.15) is 0 Å². The van der Waals surface area contributed by atoms with Gasteiger partial charge in [0.15, 0.2) is 0 Å². The van der Waals surface area contributed by atoms with Gasteiger partial charge in [-0.25, -0.2) is 9.59 Å². The Morgan fingerprint density at radius 2 is 1.21 bits per heavy atom. The van der Waals surface area contributed by atoms with Crippen LogP contribution in [0.3, 0.4) is 0 Å². The summed E-state index contributed by atoms with van der Waals surface area (Å²) in [5.74, 6) is -2.07. The third-order valence-corrected chi connectivity index (χ3v) is 3.40. The lowest BCUT2D eigenvalue weighted by Crippen LogP contribution is -2.59. The van der Waals surface area contributed by atoms with E-state index in [1.54, 1.807) is 48.5 Å². The third kappa shape index (κ3) is 4.41. The second-order valence-electron chi connectivity index (χ2n) is 5.25. The topological polar surface area (TPSA) is 98.9 Å². The first-order chi connectivity index (χ1) is 11.6. The molecule has 0 aliphatic carbocycles. The van der Waals surface area contributed by atoms with Crippen LogP contribution in [0, 0.1) is 0 Å². The van der Waals surface area contributed by atoms with Gasteiger partial charge in [-0.1, -0.05) is 60.7 Å². The summed E-state index contributed by atoms with van der Waals surface area (Å²) in [7, 11) is 0. The quantitative estimate of drug-likeness (QED) is 0.584. The Morgan fingerprint density at radius 1 is 0.833 bits per heavy atom. The molecule has 126 valence electrons. The van der Waals surface area contributed by atoms with Gasteiger partial charge in [0.2, 0.25) is 5.54 Å². The van der Waals surface area contributed by atoms with Crippen molar-refractivity contribution >= 4 is 11.9 Å². The summed E-state index contributed by atoms with van der Waals surface area (Å²) in [6.45, 7) is -1.01. The zero-order valence-corrected chi connectivity index (χ0v) is 13.1. The lowest BCUT2D eigenvalue weighted by molar-refractivity contribution is -0.168. The number of esters is 2. The molecule has 0 radical (unpaired) electrons. The minimum Gasteiger partial charge on any atom is -0.459 e. The zero-order chi connectivity index (χ0) is 17.4. The maximum absolute atomic E-state index is 12.1. The van der Waals surface area contributed by atoms with Crippen LogP contribution in [-0.2, 0) is 32.3 Å². The Bertz CT molecular complexity index is 617. The normalized spacial score (nSPS) is 10.9. The maximum Gasteiger partial charge on any atom is 0.340 e. The molecule has 0 saturated heterocycles. The Hall–Kier alpha value is -2.70. The van der Waals surface area contributed by atoms with E-state index in [2.05, 4.69) is 0 Å². The smallest absolute Gasteiger partial charge is 0.340 e. The van der Waals surface area contributed by atoms with Gasteiger partial charge in [0.05, 0.1) is 6.61 Å². The molecule has 0 fully saturated rings. The van der Waals surface area contributed by atoms with E-state index in [1.165, 1.54) is 0 Å². The SMILES string of the molecule is NC(CO)(C(=O)OCc1ccccc1)C(=O)OCc1ccccc1. The fourth-order valence-corrected chi connectivity index (χ4v) is 1.92. The first-order valence-electron chi connectivity index (χ1n) is 7.38. The molecular formula is C18H19NO5. The van der Waals surface area contributed by atoms with Crippen molar-refractivity contribution in [3.63, 3.8) is 0 Å². The Morgan fingerprint density at radius 3 is 1.54 bits per heavy atom. The second kappa shape index (κ2) is 8.24. The van der Waals surface area contributed by atoms with E-state index in [-0.39, 0.29) is 13.2 Å². The summed E-state index contributed by atoms with van der Waals surface area (Å²) in [4.78, 5) is 24.2. The van der Waals surface area contributed by atoms with Gasteiger partial charge in [0.1, 0.15) is 13.2 Å². The molecule has 24 heavy (non-hydrogen) atoms. The van der Waals surface area contributed by atoms with E-state index in [9.17, 15) is 14.7 Å². The number of hydrogen-bond donors (Lipinski definition) is 2. The second-order valence-corrected chi connectivity index (χ2v) is 5.25. The molecule has 0 atom stereocenters. The van der Waals surface area contributed by atoms with Crippen molar-refractivity contribution in [3.8, 4) is 0 Å². The molecule has 0 aromatic heterocycles. The van der Waals surface area contributed by atoms with Gasteiger partial charge < -0.3 is 20.3 Å². The molecular weight excluding hydrogens is 310 g/mol. The van der Waals surface area contributed by atoms with Crippen molar-refractivity contribution < 1.29 is 24.2 Å². The van der Waals surface area contributed by atoms with Crippen molar-refractivity contribution in [2.24, 2.45) is 5.73 Å². The monoisotopic (exact) mass is 329 g/mol. The maximum atomic E-state index is 12.1. The molecule has 0 saturated carbocycles. The largest absolute Gasteiger partial charge is 0.459 e. The van der Waals surface area contributed by atoms with Crippen LogP contribution in [0.1, 0.15) is 11.1 Å². The van der Waals surface area contributed by atoms with Crippen molar-refractivity contribution in [1.29, 1.82) is 0 Å². The number of aliphatic hydroxyl groups excluding tert-OH is 1. The van der Waals surface area contributed by atoms with Crippen molar-refractivity contribution in [3.05, 3.63) is 71.8 Å². The molecule has 0 aliphatic rings.